The highest BCUT2D eigenvalue weighted by atomic mass is 32.2. The van der Waals surface area contributed by atoms with E-state index in [4.69, 9.17) is 5.26 Å². The van der Waals surface area contributed by atoms with Crippen molar-refractivity contribution in [3.63, 3.8) is 0 Å². The zero-order valence-electron chi connectivity index (χ0n) is 9.77. The molecule has 92 valence electrons. The number of nitriles is 1. The fourth-order valence-corrected chi connectivity index (χ4v) is 4.07. The fraction of sp³-hybridized carbons (Fsp3) is 0.900. The second-order valence-corrected chi connectivity index (χ2v) is 7.30. The molecule has 1 rings (SSSR count). The van der Waals surface area contributed by atoms with Crippen LogP contribution in [0.25, 0.3) is 0 Å². The number of sulfonamides is 1. The minimum absolute atomic E-state index is 0.214. The Kier molecular flexibility index (Phi) is 4.65. The molecule has 16 heavy (non-hydrogen) atoms. The van der Waals surface area contributed by atoms with Gasteiger partial charge in [0.15, 0.2) is 0 Å². The average Bonchev–Trinajstić information content (AvgIpc) is 2.29. The summed E-state index contributed by atoms with van der Waals surface area (Å²) < 4.78 is 24.8. The minimum Gasteiger partial charge on any atom is -0.212 e. The normalized spacial score (nSPS) is 21.6. The van der Waals surface area contributed by atoms with Gasteiger partial charge in [0.25, 0.3) is 0 Å². The highest BCUT2D eigenvalue weighted by Gasteiger charge is 2.37. The van der Waals surface area contributed by atoms with Gasteiger partial charge in [-0.15, -0.1) is 11.8 Å². The van der Waals surface area contributed by atoms with Gasteiger partial charge < -0.3 is 0 Å². The summed E-state index contributed by atoms with van der Waals surface area (Å²) in [5, 5.41) is 9.10. The number of rotatable bonds is 4. The molecule has 0 unspecified atom stereocenters. The molecule has 0 bridgehead atoms. The van der Waals surface area contributed by atoms with Crippen LogP contribution in [0.4, 0.5) is 0 Å². The van der Waals surface area contributed by atoms with E-state index < -0.39 is 10.0 Å². The quantitative estimate of drug-likeness (QED) is 0.769. The lowest BCUT2D eigenvalue weighted by Gasteiger charge is -2.35. The monoisotopic (exact) mass is 262 g/mol. The average molecular weight is 262 g/mol. The molecule has 0 aromatic heterocycles. The van der Waals surface area contributed by atoms with E-state index in [-0.39, 0.29) is 10.5 Å². The van der Waals surface area contributed by atoms with Crippen molar-refractivity contribution >= 4 is 21.8 Å². The van der Waals surface area contributed by atoms with Crippen LogP contribution < -0.4 is 0 Å². The van der Waals surface area contributed by atoms with Crippen molar-refractivity contribution in [1.29, 1.82) is 5.26 Å². The van der Waals surface area contributed by atoms with Gasteiger partial charge in [0.05, 0.1) is 11.8 Å². The Labute approximate surface area is 102 Å². The van der Waals surface area contributed by atoms with Gasteiger partial charge in [-0.25, -0.2) is 12.7 Å². The molecule has 4 nitrogen and oxygen atoms in total. The van der Waals surface area contributed by atoms with E-state index >= 15 is 0 Å². The summed E-state index contributed by atoms with van der Waals surface area (Å²) in [5.41, 5.74) is 0. The van der Waals surface area contributed by atoms with Gasteiger partial charge in [0.1, 0.15) is 4.75 Å². The second kappa shape index (κ2) is 5.39. The molecule has 0 aliphatic carbocycles. The first kappa shape index (κ1) is 13.8. The zero-order valence-corrected chi connectivity index (χ0v) is 11.4. The predicted molar refractivity (Wildman–Crippen MR) is 66.7 cm³/mol. The summed E-state index contributed by atoms with van der Waals surface area (Å²) in [6.07, 6.45) is 3.82. The number of hydrogen-bond donors (Lipinski definition) is 0. The summed E-state index contributed by atoms with van der Waals surface area (Å²) >= 11 is 1.54. The van der Waals surface area contributed by atoms with Crippen LogP contribution in [0.3, 0.4) is 0 Å². The van der Waals surface area contributed by atoms with Crippen molar-refractivity contribution in [3.8, 4) is 6.07 Å². The molecule has 1 saturated heterocycles. The standard InChI is InChI=1S/C10H18N2O2S2/c1-3-8-16(13,14)12-6-4-10(9-11,15-2)5-7-12/h3-8H2,1-2H3. The minimum atomic E-state index is -3.09. The van der Waals surface area contributed by atoms with Crippen LogP contribution in [0.2, 0.25) is 0 Å². The van der Waals surface area contributed by atoms with Crippen molar-refractivity contribution in [2.45, 2.75) is 30.9 Å². The molecule has 1 heterocycles. The number of hydrogen-bond acceptors (Lipinski definition) is 4. The molecule has 1 aliphatic heterocycles. The largest absolute Gasteiger partial charge is 0.214 e. The van der Waals surface area contributed by atoms with Crippen LogP contribution in [-0.4, -0.2) is 42.6 Å². The lowest BCUT2D eigenvalue weighted by atomic mass is 9.99. The SMILES string of the molecule is CCCS(=O)(=O)N1CCC(C#N)(SC)CC1. The van der Waals surface area contributed by atoms with E-state index in [9.17, 15) is 8.42 Å². The lowest BCUT2D eigenvalue weighted by molar-refractivity contribution is 0.327. The summed E-state index contributed by atoms with van der Waals surface area (Å²) in [6.45, 7) is 2.83. The summed E-state index contributed by atoms with van der Waals surface area (Å²) in [4.78, 5) is 0. The van der Waals surface area contributed by atoms with Gasteiger partial charge >= 0.3 is 0 Å². The third-order valence-corrected chi connectivity index (χ3v) is 6.34. The van der Waals surface area contributed by atoms with Crippen LogP contribution in [0.5, 0.6) is 0 Å². The van der Waals surface area contributed by atoms with Gasteiger partial charge in [-0.2, -0.15) is 5.26 Å². The summed E-state index contributed by atoms with van der Waals surface area (Å²) in [7, 11) is -3.09. The molecule has 0 N–H and O–H groups in total. The predicted octanol–water partition coefficient (Wildman–Crippen LogP) is 1.45. The fourth-order valence-electron chi connectivity index (χ4n) is 1.87. The Hall–Kier alpha value is -0.250. The topological polar surface area (TPSA) is 61.2 Å². The third-order valence-electron chi connectivity index (χ3n) is 2.98. The molecular formula is C10H18N2O2S2. The molecule has 0 aromatic carbocycles. The van der Waals surface area contributed by atoms with E-state index in [0.29, 0.717) is 32.4 Å². The van der Waals surface area contributed by atoms with E-state index in [1.165, 1.54) is 16.1 Å². The molecule has 0 radical (unpaired) electrons. The Morgan fingerprint density at radius 1 is 1.44 bits per heavy atom. The van der Waals surface area contributed by atoms with Gasteiger partial charge in [-0.1, -0.05) is 6.92 Å². The first-order valence-corrected chi connectivity index (χ1v) is 8.27. The maximum absolute atomic E-state index is 11.8. The van der Waals surface area contributed by atoms with Crippen molar-refractivity contribution in [3.05, 3.63) is 0 Å². The van der Waals surface area contributed by atoms with E-state index in [1.54, 1.807) is 0 Å². The van der Waals surface area contributed by atoms with E-state index in [1.807, 2.05) is 13.2 Å². The molecule has 0 saturated carbocycles. The summed E-state index contributed by atoms with van der Waals surface area (Å²) in [6, 6.07) is 2.31. The van der Waals surface area contributed by atoms with E-state index in [0.717, 1.165) is 0 Å². The first-order chi connectivity index (χ1) is 7.49. The molecule has 0 atom stereocenters. The van der Waals surface area contributed by atoms with Crippen molar-refractivity contribution in [2.24, 2.45) is 0 Å². The highest BCUT2D eigenvalue weighted by Crippen LogP contribution is 2.34. The Bertz CT molecular complexity index is 365. The third kappa shape index (κ3) is 2.90. The van der Waals surface area contributed by atoms with Crippen LogP contribution in [0.15, 0.2) is 0 Å². The van der Waals surface area contributed by atoms with Crippen LogP contribution in [-0.2, 0) is 10.0 Å². The van der Waals surface area contributed by atoms with Crippen molar-refractivity contribution in [2.75, 3.05) is 25.1 Å². The second-order valence-electron chi connectivity index (χ2n) is 4.03. The molecule has 0 spiro atoms. The Morgan fingerprint density at radius 3 is 2.38 bits per heavy atom. The van der Waals surface area contributed by atoms with Gasteiger partial charge in [0.2, 0.25) is 10.0 Å². The van der Waals surface area contributed by atoms with Crippen LogP contribution in [0, 0.1) is 11.3 Å². The Morgan fingerprint density at radius 2 is 2.00 bits per heavy atom. The smallest absolute Gasteiger partial charge is 0.212 e. The zero-order chi connectivity index (χ0) is 12.2. The van der Waals surface area contributed by atoms with Gasteiger partial charge in [-0.05, 0) is 25.5 Å². The van der Waals surface area contributed by atoms with E-state index in [2.05, 4.69) is 6.07 Å². The van der Waals surface area contributed by atoms with Crippen LogP contribution in [0.1, 0.15) is 26.2 Å². The highest BCUT2D eigenvalue weighted by molar-refractivity contribution is 8.00. The lowest BCUT2D eigenvalue weighted by Crippen LogP contribution is -2.45. The summed E-state index contributed by atoms with van der Waals surface area (Å²) in [5.74, 6) is 0.214. The van der Waals surface area contributed by atoms with Crippen molar-refractivity contribution in [1.82, 2.24) is 4.31 Å². The number of nitrogens with zero attached hydrogens (tertiary/aromatic N) is 2. The number of thioether (sulfide) groups is 1. The number of piperidine rings is 1. The van der Waals surface area contributed by atoms with Crippen LogP contribution >= 0.6 is 11.8 Å². The molecule has 1 fully saturated rings. The molecular weight excluding hydrogens is 244 g/mol. The van der Waals surface area contributed by atoms with Gasteiger partial charge in [0, 0.05) is 13.1 Å². The molecule has 0 amide bonds. The molecule has 6 heteroatoms. The first-order valence-electron chi connectivity index (χ1n) is 5.44. The van der Waals surface area contributed by atoms with Gasteiger partial charge in [-0.3, -0.25) is 0 Å². The maximum Gasteiger partial charge on any atom is 0.214 e. The maximum atomic E-state index is 11.8. The molecule has 1 aliphatic rings. The molecule has 0 aromatic rings. The van der Waals surface area contributed by atoms with Crippen molar-refractivity contribution < 1.29 is 8.42 Å². The Balaban J connectivity index is 2.66.